The van der Waals surface area contributed by atoms with Gasteiger partial charge in [-0.2, -0.15) is 0 Å². The van der Waals surface area contributed by atoms with Crippen molar-refractivity contribution in [3.63, 3.8) is 0 Å². The second-order valence-corrected chi connectivity index (χ2v) is 5.83. The van der Waals surface area contributed by atoms with E-state index in [0.29, 0.717) is 0 Å². The van der Waals surface area contributed by atoms with Crippen molar-refractivity contribution in [2.24, 2.45) is 23.7 Å². The number of hydrogen-bond donors (Lipinski definition) is 0. The van der Waals surface area contributed by atoms with Crippen LogP contribution in [0.1, 0.15) is 32.1 Å². The van der Waals surface area contributed by atoms with Crippen LogP contribution in [-0.2, 0) is 0 Å². The van der Waals surface area contributed by atoms with Gasteiger partial charge in [-0.1, -0.05) is 11.6 Å². The maximum atomic E-state index is 2.65. The summed E-state index contributed by atoms with van der Waals surface area (Å²) in [5.41, 5.74) is 0. The van der Waals surface area contributed by atoms with Crippen molar-refractivity contribution in [2.75, 3.05) is 0 Å². The van der Waals surface area contributed by atoms with Gasteiger partial charge in [-0.15, -0.1) is 0 Å². The van der Waals surface area contributed by atoms with E-state index in [0.717, 1.165) is 29.0 Å². The first kappa shape index (κ1) is 6.51. The van der Waals surface area contributed by atoms with Gasteiger partial charge in [-0.25, -0.2) is 0 Å². The largest absolute Gasteiger partial charge is 0.117 e. The average molecular weight is 159 g/mol. The molecule has 0 aromatic rings. The molecule has 1 heterocycles. The molecule has 4 saturated carbocycles. The van der Waals surface area contributed by atoms with E-state index >= 15 is 0 Å². The minimum Gasteiger partial charge on any atom is -0.0805 e. The molecule has 1 aliphatic heterocycles. The monoisotopic (exact) mass is 159 g/mol. The molecule has 5 aliphatic rings. The Hall–Kier alpha value is 0.0649. The molecular weight excluding hydrogens is 143 g/mol. The fourth-order valence-electron chi connectivity index (χ4n) is 4.85. The Labute approximate surface area is 75.4 Å². The smallest absolute Gasteiger partial charge is 0.0805 e. The van der Waals surface area contributed by atoms with Gasteiger partial charge in [0.15, 0.2) is 0 Å². The van der Waals surface area contributed by atoms with Gasteiger partial charge < -0.3 is 0 Å². The highest BCUT2D eigenvalue weighted by Crippen LogP contribution is 2.73. The van der Waals surface area contributed by atoms with Crippen LogP contribution in [-0.4, -0.2) is 7.28 Å². The summed E-state index contributed by atoms with van der Waals surface area (Å²) in [5, 5.41) is 0.827. The van der Waals surface area contributed by atoms with Crippen molar-refractivity contribution in [1.82, 2.24) is 0 Å². The van der Waals surface area contributed by atoms with E-state index in [1.807, 2.05) is 0 Å². The summed E-state index contributed by atoms with van der Waals surface area (Å²) in [6, 6.07) is 0. The van der Waals surface area contributed by atoms with Crippen LogP contribution in [0.2, 0.25) is 11.6 Å². The van der Waals surface area contributed by atoms with Crippen LogP contribution < -0.4 is 0 Å². The first-order valence-electron chi connectivity index (χ1n) is 5.71. The normalized spacial score (nSPS) is 65.3. The Morgan fingerprint density at radius 3 is 1.75 bits per heavy atom. The van der Waals surface area contributed by atoms with E-state index in [-0.39, 0.29) is 0 Å². The Bertz CT molecular complexity index is 199. The van der Waals surface area contributed by atoms with Crippen LogP contribution >= 0.6 is 0 Å². The minimum atomic E-state index is 0.827. The van der Waals surface area contributed by atoms with Crippen LogP contribution in [0.25, 0.3) is 0 Å². The molecule has 0 nitrogen and oxygen atoms in total. The molecule has 0 unspecified atom stereocenters. The fourth-order valence-corrected chi connectivity index (χ4v) is 4.85. The van der Waals surface area contributed by atoms with Gasteiger partial charge in [0.2, 0.25) is 0 Å². The zero-order valence-corrected chi connectivity index (χ0v) is 7.63. The van der Waals surface area contributed by atoms with Crippen LogP contribution in [0.5, 0.6) is 0 Å². The van der Waals surface area contributed by atoms with Crippen molar-refractivity contribution in [1.29, 1.82) is 0 Å². The van der Waals surface area contributed by atoms with Crippen LogP contribution in [0.3, 0.4) is 0 Å². The second kappa shape index (κ2) is 1.78. The summed E-state index contributed by atoms with van der Waals surface area (Å²) in [6.07, 6.45) is 9.49. The molecule has 0 N–H and O–H groups in total. The SMILES string of the molecule is [B]1CC12C1CC3CC(C1)CC2C3. The molecule has 4 bridgehead atoms. The highest BCUT2D eigenvalue weighted by molar-refractivity contribution is 6.54. The first-order valence-corrected chi connectivity index (χ1v) is 5.71. The Kier molecular flexibility index (Phi) is 0.968. The van der Waals surface area contributed by atoms with Crippen molar-refractivity contribution >= 4 is 7.28 Å². The van der Waals surface area contributed by atoms with Gasteiger partial charge in [-0.05, 0) is 55.8 Å². The molecule has 1 spiro atoms. The summed E-state index contributed by atoms with van der Waals surface area (Å²) < 4.78 is 0. The Morgan fingerprint density at radius 2 is 1.33 bits per heavy atom. The molecule has 0 aromatic heterocycles. The lowest BCUT2D eigenvalue weighted by atomic mass is 9.47. The minimum absolute atomic E-state index is 0.827. The average Bonchev–Trinajstić information content (AvgIpc) is 2.79. The maximum Gasteiger partial charge on any atom is 0.117 e. The first-order chi connectivity index (χ1) is 5.87. The third-order valence-corrected chi connectivity index (χ3v) is 5.33. The number of rotatable bonds is 0. The molecular formula is C11H16B. The molecule has 12 heavy (non-hydrogen) atoms. The van der Waals surface area contributed by atoms with Crippen LogP contribution in [0.15, 0.2) is 0 Å². The molecule has 5 fully saturated rings. The summed E-state index contributed by atoms with van der Waals surface area (Å²) in [4.78, 5) is 0. The summed E-state index contributed by atoms with van der Waals surface area (Å²) in [7, 11) is 2.65. The van der Waals surface area contributed by atoms with E-state index < -0.39 is 0 Å². The topological polar surface area (TPSA) is 0 Å². The molecule has 0 atom stereocenters. The van der Waals surface area contributed by atoms with Crippen molar-refractivity contribution < 1.29 is 0 Å². The molecule has 5 rings (SSSR count). The van der Waals surface area contributed by atoms with Crippen LogP contribution in [0.4, 0.5) is 0 Å². The predicted octanol–water partition coefficient (Wildman–Crippen LogP) is 2.74. The van der Waals surface area contributed by atoms with Gasteiger partial charge >= 0.3 is 0 Å². The quantitative estimate of drug-likeness (QED) is 0.476. The molecule has 0 amide bonds. The Morgan fingerprint density at radius 1 is 0.833 bits per heavy atom. The molecule has 63 valence electrons. The third-order valence-electron chi connectivity index (χ3n) is 5.33. The zero-order chi connectivity index (χ0) is 7.76. The van der Waals surface area contributed by atoms with Gasteiger partial charge in [-0.3, -0.25) is 0 Å². The zero-order valence-electron chi connectivity index (χ0n) is 7.63. The summed E-state index contributed by atoms with van der Waals surface area (Å²) in [6.45, 7) is 0. The summed E-state index contributed by atoms with van der Waals surface area (Å²) >= 11 is 0. The van der Waals surface area contributed by atoms with E-state index in [1.54, 1.807) is 32.1 Å². The maximum absolute atomic E-state index is 2.65. The molecule has 1 heteroatoms. The van der Waals surface area contributed by atoms with E-state index in [1.165, 1.54) is 6.32 Å². The molecule has 1 saturated heterocycles. The van der Waals surface area contributed by atoms with Gasteiger partial charge in [0, 0.05) is 0 Å². The van der Waals surface area contributed by atoms with Crippen molar-refractivity contribution in [3.05, 3.63) is 0 Å². The second-order valence-electron chi connectivity index (χ2n) is 5.83. The molecule has 1 radical (unpaired) electrons. The lowest BCUT2D eigenvalue weighted by Crippen LogP contribution is -2.43. The fraction of sp³-hybridized carbons (Fsp3) is 1.00. The lowest BCUT2D eigenvalue weighted by molar-refractivity contribution is -0.00376. The lowest BCUT2D eigenvalue weighted by Gasteiger charge is -2.56. The van der Waals surface area contributed by atoms with Crippen LogP contribution in [0, 0.1) is 23.7 Å². The van der Waals surface area contributed by atoms with E-state index in [9.17, 15) is 0 Å². The number of hydrogen-bond acceptors (Lipinski definition) is 0. The van der Waals surface area contributed by atoms with E-state index in [2.05, 4.69) is 7.28 Å². The van der Waals surface area contributed by atoms with Gasteiger partial charge in [0.05, 0.1) is 0 Å². The summed E-state index contributed by atoms with van der Waals surface area (Å²) in [5.74, 6) is 4.61. The third kappa shape index (κ3) is 0.602. The van der Waals surface area contributed by atoms with E-state index in [4.69, 9.17) is 0 Å². The highest BCUT2D eigenvalue weighted by Gasteiger charge is 2.62. The van der Waals surface area contributed by atoms with Crippen molar-refractivity contribution in [2.45, 2.75) is 43.7 Å². The molecule has 0 aromatic carbocycles. The Balaban J connectivity index is 1.78. The van der Waals surface area contributed by atoms with Gasteiger partial charge in [0.1, 0.15) is 7.28 Å². The molecule has 4 aliphatic carbocycles. The van der Waals surface area contributed by atoms with Crippen molar-refractivity contribution in [3.8, 4) is 0 Å². The predicted molar refractivity (Wildman–Crippen MR) is 50.3 cm³/mol. The van der Waals surface area contributed by atoms with Gasteiger partial charge in [0.25, 0.3) is 0 Å². The highest BCUT2D eigenvalue weighted by atomic mass is 14.6. The standard InChI is InChI=1S/C11H16B/c1-7-2-9-4-8(1)5-10(3-7)11(9)6-12-11/h7-10H,1-6H2.